The van der Waals surface area contributed by atoms with Crippen LogP contribution in [0.1, 0.15) is 12.6 Å². The molecular formula is C21H45N2O8PSi4. The number of phosphoric acid groups is 1. The Bertz CT molecular complexity index is 1060. The quantitative estimate of drug-likeness (QED) is 0.259. The summed E-state index contributed by atoms with van der Waals surface area (Å²) in [5.41, 5.74) is -0.703. The van der Waals surface area contributed by atoms with Crippen LogP contribution in [0, 0.1) is 0 Å². The van der Waals surface area contributed by atoms with Crippen molar-refractivity contribution in [3.8, 4) is 0 Å². The van der Waals surface area contributed by atoms with Gasteiger partial charge in [-0.15, -0.1) is 0 Å². The number of hydrogen-bond donors (Lipinski definition) is 0. The van der Waals surface area contributed by atoms with E-state index in [9.17, 15) is 14.2 Å². The molecule has 0 radical (unpaired) electrons. The van der Waals surface area contributed by atoms with E-state index in [2.05, 4.69) is 19.6 Å². The molecule has 3 atom stereocenters. The predicted octanol–water partition coefficient (Wildman–Crippen LogP) is 5.03. The fraction of sp³-hybridized carbons (Fsp3) is 0.810. The maximum Gasteiger partial charge on any atom is 0.455 e. The standard InChI is InChI=1S/C21H45N2O8PSi4/c1-33(2,3)23-19(24)13-14-22(21(23)25)20-15-17(29-34(4,5)6)18(28-20)16-27-32(26,30-35(7,8)9)31-36(10,11)12/h13-14,17-18,20H,15-16H2,1-12H3. The van der Waals surface area contributed by atoms with Gasteiger partial charge in [0.1, 0.15) is 12.3 Å². The van der Waals surface area contributed by atoms with Gasteiger partial charge < -0.3 is 17.6 Å². The SMILES string of the molecule is C[Si](C)(C)OC1CC(n2ccc(=O)n([Si](C)(C)C)c2=O)OC1COP(=O)(O[Si](C)(C)C)O[Si](C)(C)C. The zero-order chi connectivity index (χ0) is 27.9. The molecule has 0 aromatic carbocycles. The first-order valence-corrected chi connectivity index (χ1v) is 27.5. The van der Waals surface area contributed by atoms with Gasteiger partial charge in [0.05, 0.1) is 12.7 Å². The number of aromatic nitrogens is 2. The third kappa shape index (κ3) is 9.40. The Balaban J connectivity index is 2.37. The third-order valence-corrected chi connectivity index (χ3v) is 14.2. The van der Waals surface area contributed by atoms with Gasteiger partial charge in [-0.25, -0.2) is 9.36 Å². The summed E-state index contributed by atoms with van der Waals surface area (Å²) in [5.74, 6) is 0. The molecule has 1 aliphatic rings. The van der Waals surface area contributed by atoms with Gasteiger partial charge in [-0.2, -0.15) is 0 Å². The van der Waals surface area contributed by atoms with Crippen molar-refractivity contribution < 1.29 is 26.7 Å². The second-order valence-electron chi connectivity index (χ2n) is 13.1. The lowest BCUT2D eigenvalue weighted by atomic mass is 10.2. The smallest absolute Gasteiger partial charge is 0.412 e. The van der Waals surface area contributed by atoms with E-state index in [1.807, 2.05) is 58.9 Å². The molecule has 1 aliphatic heterocycles. The van der Waals surface area contributed by atoms with Crippen molar-refractivity contribution in [1.29, 1.82) is 0 Å². The van der Waals surface area contributed by atoms with Gasteiger partial charge in [-0.3, -0.25) is 18.1 Å². The minimum atomic E-state index is -3.84. The molecule has 2 heterocycles. The Morgan fingerprint density at radius 3 is 1.89 bits per heavy atom. The second kappa shape index (κ2) is 11.0. The maximum absolute atomic E-state index is 13.6. The van der Waals surface area contributed by atoms with Crippen molar-refractivity contribution in [1.82, 2.24) is 8.80 Å². The topological polar surface area (TPSA) is 107 Å². The first-order chi connectivity index (χ1) is 16.0. The molecule has 36 heavy (non-hydrogen) atoms. The van der Waals surface area contributed by atoms with E-state index in [0.29, 0.717) is 6.42 Å². The van der Waals surface area contributed by atoms with Crippen LogP contribution in [-0.2, 0) is 26.7 Å². The van der Waals surface area contributed by atoms with E-state index in [1.165, 1.54) is 21.1 Å². The zero-order valence-electron chi connectivity index (χ0n) is 23.9. The molecule has 0 N–H and O–H groups in total. The Kier molecular flexibility index (Phi) is 9.70. The second-order valence-corrected chi connectivity index (χ2v) is 33.4. The number of nitrogens with zero attached hydrogens (tertiary/aromatic N) is 2. The van der Waals surface area contributed by atoms with Gasteiger partial charge in [-0.05, 0) is 58.9 Å². The van der Waals surface area contributed by atoms with Crippen LogP contribution in [-0.4, -0.2) is 60.8 Å². The fourth-order valence-corrected chi connectivity index (χ4v) is 13.0. The van der Waals surface area contributed by atoms with Crippen molar-refractivity contribution in [2.24, 2.45) is 0 Å². The van der Waals surface area contributed by atoms with Crippen LogP contribution < -0.4 is 11.2 Å². The molecule has 10 nitrogen and oxygen atoms in total. The highest BCUT2D eigenvalue weighted by molar-refractivity contribution is 7.52. The Morgan fingerprint density at radius 2 is 1.44 bits per heavy atom. The molecule has 0 amide bonds. The average molecular weight is 597 g/mol. The van der Waals surface area contributed by atoms with Crippen LogP contribution >= 0.6 is 7.82 Å². The van der Waals surface area contributed by atoms with Crippen molar-refractivity contribution in [2.75, 3.05) is 6.61 Å². The number of hydrogen-bond acceptors (Lipinski definition) is 8. The summed E-state index contributed by atoms with van der Waals surface area (Å²) in [4.78, 5) is 25.8. The lowest BCUT2D eigenvalue weighted by molar-refractivity contribution is -0.0420. The largest absolute Gasteiger partial charge is 0.455 e. The number of ether oxygens (including phenoxy) is 1. The minimum absolute atomic E-state index is 0.0692. The van der Waals surface area contributed by atoms with E-state index in [1.54, 1.807) is 0 Å². The van der Waals surface area contributed by atoms with Crippen LogP contribution in [0.5, 0.6) is 0 Å². The van der Waals surface area contributed by atoms with Crippen LogP contribution in [0.4, 0.5) is 0 Å². The van der Waals surface area contributed by atoms with Gasteiger partial charge in [0.2, 0.25) is 5.56 Å². The van der Waals surface area contributed by atoms with Gasteiger partial charge in [0.25, 0.3) is 0 Å². The molecule has 1 saturated heterocycles. The molecule has 1 aromatic heterocycles. The molecule has 0 aliphatic carbocycles. The monoisotopic (exact) mass is 596 g/mol. The van der Waals surface area contributed by atoms with E-state index in [-0.39, 0.29) is 18.3 Å². The number of rotatable bonds is 11. The summed E-state index contributed by atoms with van der Waals surface area (Å²) in [5, 5.41) is 0. The molecule has 1 fully saturated rings. The van der Waals surface area contributed by atoms with Crippen molar-refractivity contribution in [2.45, 2.75) is 103 Å². The Labute approximate surface area is 219 Å². The van der Waals surface area contributed by atoms with Gasteiger partial charge in [0.15, 0.2) is 33.2 Å². The van der Waals surface area contributed by atoms with Crippen LogP contribution in [0.15, 0.2) is 21.9 Å². The van der Waals surface area contributed by atoms with Crippen molar-refractivity contribution in [3.05, 3.63) is 33.1 Å². The first kappa shape index (κ1) is 31.8. The normalized spacial score (nSPS) is 22.3. The predicted molar refractivity (Wildman–Crippen MR) is 153 cm³/mol. The summed E-state index contributed by atoms with van der Waals surface area (Å²) < 4.78 is 46.8. The van der Waals surface area contributed by atoms with Crippen molar-refractivity contribution >= 4 is 41.0 Å². The highest BCUT2D eigenvalue weighted by Crippen LogP contribution is 2.54. The summed E-state index contributed by atoms with van der Waals surface area (Å²) in [6.45, 7) is 23.5. The summed E-state index contributed by atoms with van der Waals surface area (Å²) >= 11 is 0. The van der Waals surface area contributed by atoms with Crippen LogP contribution in [0.2, 0.25) is 78.6 Å². The van der Waals surface area contributed by atoms with Crippen molar-refractivity contribution in [3.63, 3.8) is 0 Å². The molecule has 15 heteroatoms. The van der Waals surface area contributed by atoms with E-state index >= 15 is 0 Å². The Morgan fingerprint density at radius 1 is 0.917 bits per heavy atom. The van der Waals surface area contributed by atoms with Gasteiger partial charge >= 0.3 is 13.5 Å². The molecule has 208 valence electrons. The highest BCUT2D eigenvalue weighted by atomic mass is 31.2. The summed E-state index contributed by atoms with van der Waals surface area (Å²) in [7, 11) is -12.6. The minimum Gasteiger partial charge on any atom is -0.412 e. The fourth-order valence-electron chi connectivity index (χ4n) is 3.84. The van der Waals surface area contributed by atoms with E-state index < -0.39 is 59.0 Å². The first-order valence-electron chi connectivity index (χ1n) is 12.3. The maximum atomic E-state index is 13.6. The molecule has 3 unspecified atom stereocenters. The highest BCUT2D eigenvalue weighted by Gasteiger charge is 2.44. The van der Waals surface area contributed by atoms with Gasteiger partial charge in [0, 0.05) is 18.7 Å². The lowest BCUT2D eigenvalue weighted by Crippen LogP contribution is -2.52. The summed E-state index contributed by atoms with van der Waals surface area (Å²) in [6, 6.07) is 1.40. The Hall–Kier alpha value is -0.422. The average Bonchev–Trinajstić information content (AvgIpc) is 2.96. The van der Waals surface area contributed by atoms with Gasteiger partial charge in [-0.1, -0.05) is 19.6 Å². The molecule has 2 rings (SSSR count). The van der Waals surface area contributed by atoms with E-state index in [0.717, 1.165) is 0 Å². The zero-order valence-corrected chi connectivity index (χ0v) is 28.8. The lowest BCUT2D eigenvalue weighted by Gasteiger charge is -2.31. The molecule has 0 saturated carbocycles. The van der Waals surface area contributed by atoms with E-state index in [4.69, 9.17) is 22.1 Å². The van der Waals surface area contributed by atoms with Crippen LogP contribution in [0.3, 0.4) is 0 Å². The molecule has 0 spiro atoms. The summed E-state index contributed by atoms with van der Waals surface area (Å²) in [6.07, 6.45) is 0.258. The molecule has 1 aromatic rings. The molecular weight excluding hydrogens is 552 g/mol. The van der Waals surface area contributed by atoms with Crippen LogP contribution in [0.25, 0.3) is 0 Å². The third-order valence-electron chi connectivity index (χ3n) is 4.85. The molecule has 0 bridgehead atoms.